The Morgan fingerprint density at radius 1 is 0.963 bits per heavy atom. The highest BCUT2D eigenvalue weighted by Crippen LogP contribution is 2.68. The third-order valence-electron chi connectivity index (χ3n) is 5.55. The first-order valence-corrected chi connectivity index (χ1v) is 12.9. The zero-order valence-electron chi connectivity index (χ0n) is 19.1. The Bertz CT molecular complexity index is 639. The van der Waals surface area contributed by atoms with E-state index in [-0.39, 0.29) is 12.0 Å². The van der Waals surface area contributed by atoms with Crippen LogP contribution in [-0.4, -0.2) is 31.6 Å². The lowest BCUT2D eigenvalue weighted by molar-refractivity contribution is -0.144. The second kappa shape index (κ2) is 7.63. The molecule has 0 rings (SSSR count). The van der Waals surface area contributed by atoms with Crippen LogP contribution in [0.1, 0.15) is 89.0 Å². The van der Waals surface area contributed by atoms with E-state index in [4.69, 9.17) is 4.74 Å². The predicted molar refractivity (Wildman–Crippen MR) is 115 cm³/mol. The molecule has 160 valence electrons. The van der Waals surface area contributed by atoms with Crippen molar-refractivity contribution in [1.82, 2.24) is 0 Å². The monoisotopic (exact) mass is 420 g/mol. The molecule has 1 N–H and O–H groups in total. The van der Waals surface area contributed by atoms with Crippen molar-refractivity contribution in [3.05, 3.63) is 12.2 Å². The largest absolute Gasteiger partial charge is 0.441 e. The Morgan fingerprint density at radius 2 is 1.30 bits per heavy atom. The van der Waals surface area contributed by atoms with Crippen LogP contribution in [0.3, 0.4) is 0 Å². The number of carbonyl (C=O) groups excluding carboxylic acids is 1. The summed E-state index contributed by atoms with van der Waals surface area (Å²) < 4.78 is 40.6. The van der Waals surface area contributed by atoms with Gasteiger partial charge in [0.05, 0.1) is 0 Å². The molecule has 5 nitrogen and oxygen atoms in total. The highest BCUT2D eigenvalue weighted by molar-refractivity contribution is 7.89. The number of ether oxygens (including phenoxy) is 1. The molecule has 1 unspecified atom stereocenters. The van der Waals surface area contributed by atoms with Gasteiger partial charge in [0.2, 0.25) is 4.56 Å². The molecule has 1 atom stereocenters. The van der Waals surface area contributed by atoms with Gasteiger partial charge in [-0.2, -0.15) is 8.42 Å². The molecule has 0 aromatic carbocycles. The van der Waals surface area contributed by atoms with E-state index in [9.17, 15) is 17.8 Å². The molecule has 0 aliphatic carbocycles. The molecule has 0 radical (unpaired) electrons. The van der Waals surface area contributed by atoms with E-state index in [0.29, 0.717) is 6.42 Å². The first kappa shape index (κ1) is 26.3. The molecule has 0 aliphatic heterocycles. The normalized spacial score (nSPS) is 16.6. The van der Waals surface area contributed by atoms with Gasteiger partial charge in [-0.3, -0.25) is 4.55 Å². The molecule has 27 heavy (non-hydrogen) atoms. The average Bonchev–Trinajstić information content (AvgIpc) is 2.31. The zero-order chi connectivity index (χ0) is 22.3. The van der Waals surface area contributed by atoms with Crippen molar-refractivity contribution in [1.29, 1.82) is 0 Å². The summed E-state index contributed by atoms with van der Waals surface area (Å²) in [7, 11) is -8.01. The summed E-state index contributed by atoms with van der Waals surface area (Å²) in [5.41, 5.74) is 0.110. The number of hydrogen-bond donors (Lipinski definition) is 1. The van der Waals surface area contributed by atoms with Crippen molar-refractivity contribution in [3.63, 3.8) is 0 Å². The smallest absolute Gasteiger partial charge is 0.334 e. The summed E-state index contributed by atoms with van der Waals surface area (Å²) in [6, 6.07) is 0. The van der Waals surface area contributed by atoms with Crippen LogP contribution >= 0.6 is 0 Å². The summed E-state index contributed by atoms with van der Waals surface area (Å²) in [6.45, 7) is 24.9. The molecule has 0 aromatic rings. The molecule has 0 heterocycles. The first-order chi connectivity index (χ1) is 11.6. The standard InChI is InChI=1S/C20H40O5SSi/c1-13-14-20(26(22,23)24,25-16(21)15(2)3)27(17(4,5)6,18(7,8)9)19(10,11)12/h2,13-14H2,1,3-12H3,(H,22,23,24). The minimum Gasteiger partial charge on any atom is -0.441 e. The van der Waals surface area contributed by atoms with Gasteiger partial charge in [-0.15, -0.1) is 0 Å². The van der Waals surface area contributed by atoms with E-state index in [2.05, 4.69) is 6.58 Å². The lowest BCUT2D eigenvalue weighted by Gasteiger charge is -2.65. The van der Waals surface area contributed by atoms with Crippen LogP contribution in [0.25, 0.3) is 0 Å². The molecule has 0 saturated carbocycles. The lowest BCUT2D eigenvalue weighted by Crippen LogP contribution is -2.76. The van der Waals surface area contributed by atoms with Gasteiger partial charge in [0, 0.05) is 12.0 Å². The summed E-state index contributed by atoms with van der Waals surface area (Å²) in [6.07, 6.45) is 0.489. The van der Waals surface area contributed by atoms with E-state index < -0.39 is 43.8 Å². The Hall–Kier alpha value is -0.663. The van der Waals surface area contributed by atoms with E-state index in [1.807, 2.05) is 69.2 Å². The van der Waals surface area contributed by atoms with Crippen molar-refractivity contribution in [2.45, 2.75) is 109 Å². The average molecular weight is 421 g/mol. The third-order valence-corrected chi connectivity index (χ3v) is 16.6. The topological polar surface area (TPSA) is 80.7 Å². The molecule has 0 bridgehead atoms. The molecule has 0 aromatic heterocycles. The quantitative estimate of drug-likeness (QED) is 0.251. The van der Waals surface area contributed by atoms with E-state index in [1.54, 1.807) is 0 Å². The molecular formula is C20H40O5SSi. The first-order valence-electron chi connectivity index (χ1n) is 9.50. The fourth-order valence-corrected chi connectivity index (χ4v) is 22.3. The fourth-order valence-electron chi connectivity index (χ4n) is 6.35. The van der Waals surface area contributed by atoms with Crippen molar-refractivity contribution in [2.75, 3.05) is 0 Å². The molecule has 0 amide bonds. The van der Waals surface area contributed by atoms with Crippen molar-refractivity contribution in [3.8, 4) is 0 Å². The molecule has 0 aliphatic rings. The van der Waals surface area contributed by atoms with Gasteiger partial charge in [-0.05, 0) is 22.0 Å². The van der Waals surface area contributed by atoms with Crippen molar-refractivity contribution >= 4 is 24.2 Å². The van der Waals surface area contributed by atoms with Gasteiger partial charge in [-0.1, -0.05) is 82.2 Å². The second-order valence-corrected chi connectivity index (χ2v) is 19.4. The summed E-state index contributed by atoms with van der Waals surface area (Å²) in [5.74, 6) is -0.782. The van der Waals surface area contributed by atoms with Crippen LogP contribution in [0.2, 0.25) is 15.1 Å². The maximum atomic E-state index is 13.1. The van der Waals surface area contributed by atoms with Crippen LogP contribution in [0.15, 0.2) is 12.2 Å². The second-order valence-electron chi connectivity index (χ2n) is 10.6. The van der Waals surface area contributed by atoms with Crippen LogP contribution in [0.4, 0.5) is 0 Å². The molecule has 7 heteroatoms. The van der Waals surface area contributed by atoms with Gasteiger partial charge >= 0.3 is 16.1 Å². The number of carbonyl (C=O) groups is 1. The van der Waals surface area contributed by atoms with E-state index >= 15 is 0 Å². The van der Waals surface area contributed by atoms with Crippen LogP contribution < -0.4 is 0 Å². The Labute approximate surface area is 167 Å². The van der Waals surface area contributed by atoms with Crippen LogP contribution in [0, 0.1) is 0 Å². The van der Waals surface area contributed by atoms with E-state index in [1.165, 1.54) is 6.92 Å². The van der Waals surface area contributed by atoms with Gasteiger partial charge in [0.15, 0.2) is 0 Å². The maximum absolute atomic E-state index is 13.1. The predicted octanol–water partition coefficient (Wildman–Crippen LogP) is 5.88. The van der Waals surface area contributed by atoms with Gasteiger partial charge in [-0.25, -0.2) is 4.79 Å². The Balaban J connectivity index is 7.72. The van der Waals surface area contributed by atoms with E-state index in [0.717, 1.165) is 0 Å². The van der Waals surface area contributed by atoms with Gasteiger partial charge in [0.25, 0.3) is 0 Å². The summed E-state index contributed by atoms with van der Waals surface area (Å²) in [4.78, 5) is 12.6. The number of esters is 1. The summed E-state index contributed by atoms with van der Waals surface area (Å²) in [5, 5.41) is -1.53. The Kier molecular flexibility index (Phi) is 7.45. The third kappa shape index (κ3) is 4.20. The Morgan fingerprint density at radius 3 is 1.48 bits per heavy atom. The number of rotatable bonds is 6. The van der Waals surface area contributed by atoms with Crippen LogP contribution in [0.5, 0.6) is 0 Å². The SMILES string of the molecule is C=C(C)C(=O)OC(CCC)([Si](C(C)(C)C)(C(C)(C)C)C(C)(C)C)S(=O)(=O)O. The van der Waals surface area contributed by atoms with Gasteiger partial charge in [0.1, 0.15) is 8.07 Å². The number of hydrogen-bond acceptors (Lipinski definition) is 4. The maximum Gasteiger partial charge on any atom is 0.334 e. The molecule has 0 spiro atoms. The molecule has 0 saturated heterocycles. The van der Waals surface area contributed by atoms with Crippen LogP contribution in [-0.2, 0) is 19.6 Å². The van der Waals surface area contributed by atoms with Crippen molar-refractivity contribution in [2.24, 2.45) is 0 Å². The molecular weight excluding hydrogens is 380 g/mol. The van der Waals surface area contributed by atoms with Gasteiger partial charge < -0.3 is 4.74 Å². The minimum absolute atomic E-state index is 0.0445. The molecule has 0 fully saturated rings. The lowest BCUT2D eigenvalue weighted by atomic mass is 10.2. The highest BCUT2D eigenvalue weighted by Gasteiger charge is 2.76. The summed E-state index contributed by atoms with van der Waals surface area (Å²) >= 11 is 0. The zero-order valence-corrected chi connectivity index (χ0v) is 20.9. The van der Waals surface area contributed by atoms with Crippen molar-refractivity contribution < 1.29 is 22.5 Å². The highest BCUT2D eigenvalue weighted by atomic mass is 32.2. The fraction of sp³-hybridized carbons (Fsp3) is 0.850. The minimum atomic E-state index is -4.75.